The molecule has 1 amide bonds. The predicted molar refractivity (Wildman–Crippen MR) is 62.1 cm³/mol. The van der Waals surface area contributed by atoms with Crippen molar-refractivity contribution in [1.82, 2.24) is 5.32 Å². The molecule has 17 heavy (non-hydrogen) atoms. The molecule has 5 nitrogen and oxygen atoms in total. The van der Waals surface area contributed by atoms with E-state index in [4.69, 9.17) is 21.1 Å². The lowest BCUT2D eigenvalue weighted by atomic mass is 10.0. The molecule has 1 aromatic rings. The van der Waals surface area contributed by atoms with Crippen molar-refractivity contribution in [3.8, 4) is 0 Å². The Hall–Kier alpha value is -1.49. The van der Waals surface area contributed by atoms with Gasteiger partial charge in [0.15, 0.2) is 0 Å². The Kier molecular flexibility index (Phi) is 4.57. The minimum atomic E-state index is -1.06. The minimum absolute atomic E-state index is 0.0452. The van der Waals surface area contributed by atoms with Crippen molar-refractivity contribution in [2.24, 2.45) is 5.92 Å². The number of hydrogen-bond donors (Lipinski definition) is 2. The van der Waals surface area contributed by atoms with E-state index in [2.05, 4.69) is 5.32 Å². The van der Waals surface area contributed by atoms with Crippen molar-refractivity contribution >= 4 is 23.5 Å². The molecule has 1 atom stereocenters. The van der Waals surface area contributed by atoms with Crippen LogP contribution in [0.5, 0.6) is 0 Å². The highest BCUT2D eigenvalue weighted by Gasteiger charge is 2.23. The molecule has 0 fully saturated rings. The zero-order valence-electron chi connectivity index (χ0n) is 9.57. The van der Waals surface area contributed by atoms with E-state index in [1.54, 1.807) is 0 Å². The van der Waals surface area contributed by atoms with E-state index in [1.807, 2.05) is 13.8 Å². The second-order valence-electron chi connectivity index (χ2n) is 4.10. The average Bonchev–Trinajstić information content (AvgIpc) is 2.62. The lowest BCUT2D eigenvalue weighted by Gasteiger charge is -2.15. The van der Waals surface area contributed by atoms with Crippen molar-refractivity contribution in [3.63, 3.8) is 0 Å². The summed E-state index contributed by atoms with van der Waals surface area (Å²) in [5.74, 6) is -1.44. The number of halogens is 1. The molecule has 0 saturated heterocycles. The quantitative estimate of drug-likeness (QED) is 0.849. The first-order valence-electron chi connectivity index (χ1n) is 5.18. The van der Waals surface area contributed by atoms with Crippen LogP contribution < -0.4 is 5.32 Å². The topological polar surface area (TPSA) is 79.5 Å². The highest BCUT2D eigenvalue weighted by molar-refractivity contribution is 6.32. The lowest BCUT2D eigenvalue weighted by molar-refractivity contribution is -0.139. The van der Waals surface area contributed by atoms with Crippen molar-refractivity contribution in [1.29, 1.82) is 0 Å². The summed E-state index contributed by atoms with van der Waals surface area (Å²) in [4.78, 5) is 22.7. The van der Waals surface area contributed by atoms with E-state index in [-0.39, 0.29) is 16.7 Å². The Bertz CT molecular complexity index is 413. The third kappa shape index (κ3) is 3.78. The van der Waals surface area contributed by atoms with Crippen LogP contribution in [0.2, 0.25) is 5.22 Å². The van der Waals surface area contributed by atoms with E-state index in [0.29, 0.717) is 6.42 Å². The van der Waals surface area contributed by atoms with Crippen LogP contribution in [0.15, 0.2) is 16.7 Å². The molecule has 0 bridgehead atoms. The molecule has 1 rings (SSSR count). The zero-order chi connectivity index (χ0) is 13.0. The predicted octanol–water partition coefficient (Wildman–Crippen LogP) is 2.16. The second-order valence-corrected chi connectivity index (χ2v) is 4.45. The number of carboxylic acids is 1. The van der Waals surface area contributed by atoms with Gasteiger partial charge in [0.05, 0.1) is 11.8 Å². The van der Waals surface area contributed by atoms with Crippen molar-refractivity contribution < 1.29 is 19.1 Å². The van der Waals surface area contributed by atoms with Crippen LogP contribution in [0, 0.1) is 5.92 Å². The average molecular weight is 260 g/mol. The summed E-state index contributed by atoms with van der Waals surface area (Å²) in [6, 6.07) is 0.472. The first-order valence-corrected chi connectivity index (χ1v) is 5.56. The SMILES string of the molecule is CC(C)C[C@@H](NC(=O)c1ccoc1Cl)C(=O)O. The Balaban J connectivity index is 2.71. The molecule has 94 valence electrons. The second kappa shape index (κ2) is 5.72. The van der Waals surface area contributed by atoms with Gasteiger partial charge in [-0.2, -0.15) is 0 Å². The standard InChI is InChI=1S/C11H14ClNO4/c1-6(2)5-8(11(15)16)13-10(14)7-3-4-17-9(7)12/h3-4,6,8H,5H2,1-2H3,(H,13,14)(H,15,16)/t8-/m1/s1. The van der Waals surface area contributed by atoms with Gasteiger partial charge in [-0.05, 0) is 30.0 Å². The maximum atomic E-state index is 11.7. The molecule has 6 heteroatoms. The molecule has 0 aliphatic carbocycles. The summed E-state index contributed by atoms with van der Waals surface area (Å²) in [7, 11) is 0. The van der Waals surface area contributed by atoms with Crippen LogP contribution in [0.3, 0.4) is 0 Å². The molecule has 0 unspecified atom stereocenters. The van der Waals surface area contributed by atoms with Gasteiger partial charge < -0.3 is 14.8 Å². The fourth-order valence-corrected chi connectivity index (χ4v) is 1.58. The number of carbonyl (C=O) groups is 2. The largest absolute Gasteiger partial charge is 0.480 e. The van der Waals surface area contributed by atoms with Gasteiger partial charge in [-0.3, -0.25) is 4.79 Å². The summed E-state index contributed by atoms with van der Waals surface area (Å²) in [5, 5.41) is 11.3. The van der Waals surface area contributed by atoms with Crippen LogP contribution in [-0.2, 0) is 4.79 Å². The number of nitrogens with one attached hydrogen (secondary N) is 1. The van der Waals surface area contributed by atoms with Gasteiger partial charge in [-0.1, -0.05) is 13.8 Å². The van der Waals surface area contributed by atoms with Gasteiger partial charge in [-0.25, -0.2) is 4.79 Å². The maximum absolute atomic E-state index is 11.7. The summed E-state index contributed by atoms with van der Waals surface area (Å²) >= 11 is 5.63. The highest BCUT2D eigenvalue weighted by Crippen LogP contribution is 2.17. The molecule has 0 radical (unpaired) electrons. The first kappa shape index (κ1) is 13.6. The zero-order valence-corrected chi connectivity index (χ0v) is 10.3. The molecule has 0 spiro atoms. The van der Waals surface area contributed by atoms with Gasteiger partial charge in [0.25, 0.3) is 5.91 Å². The van der Waals surface area contributed by atoms with Crippen molar-refractivity contribution in [3.05, 3.63) is 23.1 Å². The van der Waals surface area contributed by atoms with Gasteiger partial charge in [0.1, 0.15) is 6.04 Å². The fourth-order valence-electron chi connectivity index (χ4n) is 1.38. The van der Waals surface area contributed by atoms with Gasteiger partial charge >= 0.3 is 5.97 Å². The molecular formula is C11H14ClNO4. The first-order chi connectivity index (χ1) is 7.91. The Morgan fingerprint density at radius 2 is 2.18 bits per heavy atom. The molecule has 0 aliphatic heterocycles. The Morgan fingerprint density at radius 1 is 1.53 bits per heavy atom. The highest BCUT2D eigenvalue weighted by atomic mass is 35.5. The van der Waals surface area contributed by atoms with E-state index < -0.39 is 17.9 Å². The Labute approximate surface area is 104 Å². The third-order valence-corrected chi connectivity index (χ3v) is 2.47. The molecular weight excluding hydrogens is 246 g/mol. The smallest absolute Gasteiger partial charge is 0.326 e. The third-order valence-electron chi connectivity index (χ3n) is 2.17. The van der Waals surface area contributed by atoms with Gasteiger partial charge in [0.2, 0.25) is 5.22 Å². The number of aliphatic carboxylic acids is 1. The molecule has 1 aromatic heterocycles. The molecule has 2 N–H and O–H groups in total. The van der Waals surface area contributed by atoms with Crippen LogP contribution in [-0.4, -0.2) is 23.0 Å². The Morgan fingerprint density at radius 3 is 2.59 bits per heavy atom. The monoisotopic (exact) mass is 259 g/mol. The summed E-state index contributed by atoms with van der Waals surface area (Å²) in [6.07, 6.45) is 1.63. The van der Waals surface area contributed by atoms with E-state index in [9.17, 15) is 9.59 Å². The molecule has 1 heterocycles. The van der Waals surface area contributed by atoms with E-state index >= 15 is 0 Å². The number of carboxylic acid groups (broad SMARTS) is 1. The molecule has 0 aromatic carbocycles. The van der Waals surface area contributed by atoms with Gasteiger partial charge in [0, 0.05) is 0 Å². The fraction of sp³-hybridized carbons (Fsp3) is 0.455. The normalized spacial score (nSPS) is 12.5. The van der Waals surface area contributed by atoms with Crippen molar-refractivity contribution in [2.45, 2.75) is 26.3 Å². The van der Waals surface area contributed by atoms with Crippen LogP contribution >= 0.6 is 11.6 Å². The summed E-state index contributed by atoms with van der Waals surface area (Å²) in [5.41, 5.74) is 0.140. The number of rotatable bonds is 5. The lowest BCUT2D eigenvalue weighted by Crippen LogP contribution is -2.41. The number of amides is 1. The summed E-state index contributed by atoms with van der Waals surface area (Å²) < 4.78 is 4.77. The van der Waals surface area contributed by atoms with E-state index in [0.717, 1.165) is 0 Å². The van der Waals surface area contributed by atoms with Gasteiger partial charge in [-0.15, -0.1) is 0 Å². The van der Waals surface area contributed by atoms with E-state index in [1.165, 1.54) is 12.3 Å². The minimum Gasteiger partial charge on any atom is -0.480 e. The maximum Gasteiger partial charge on any atom is 0.326 e. The number of furan rings is 1. The van der Waals surface area contributed by atoms with Crippen LogP contribution in [0.25, 0.3) is 0 Å². The van der Waals surface area contributed by atoms with Crippen LogP contribution in [0.1, 0.15) is 30.6 Å². The van der Waals surface area contributed by atoms with Crippen molar-refractivity contribution in [2.75, 3.05) is 0 Å². The van der Waals surface area contributed by atoms with Crippen LogP contribution in [0.4, 0.5) is 0 Å². The number of carbonyl (C=O) groups excluding carboxylic acids is 1. The molecule has 0 saturated carbocycles. The summed E-state index contributed by atoms with van der Waals surface area (Å²) in [6.45, 7) is 3.76. The number of hydrogen-bond acceptors (Lipinski definition) is 3. The molecule has 0 aliphatic rings.